The van der Waals surface area contributed by atoms with Crippen LogP contribution in [0.15, 0.2) is 6.20 Å². The summed E-state index contributed by atoms with van der Waals surface area (Å²) < 4.78 is 1.72. The summed E-state index contributed by atoms with van der Waals surface area (Å²) in [4.78, 5) is 2.23. The molecule has 1 aromatic rings. The first-order chi connectivity index (χ1) is 6.63. The molecule has 0 aliphatic heterocycles. The zero-order valence-electron chi connectivity index (χ0n) is 9.14. The molecule has 80 valence electrons. The predicted molar refractivity (Wildman–Crippen MR) is 55.6 cm³/mol. The van der Waals surface area contributed by atoms with Crippen molar-refractivity contribution < 1.29 is 0 Å². The third kappa shape index (κ3) is 3.08. The van der Waals surface area contributed by atoms with Gasteiger partial charge >= 0.3 is 0 Å². The molecule has 2 N–H and O–H groups in total. The normalized spacial score (nSPS) is 13.5. The molecular weight excluding hydrogens is 178 g/mol. The Kier molecular flexibility index (Phi) is 4.03. The zero-order valence-corrected chi connectivity index (χ0v) is 9.14. The summed E-state index contributed by atoms with van der Waals surface area (Å²) in [5.74, 6) is 0. The van der Waals surface area contributed by atoms with Crippen LogP contribution < -0.4 is 5.73 Å². The van der Waals surface area contributed by atoms with Gasteiger partial charge in [0.05, 0.1) is 5.69 Å². The summed E-state index contributed by atoms with van der Waals surface area (Å²) in [7, 11) is 3.95. The molecule has 5 nitrogen and oxygen atoms in total. The fraction of sp³-hybridized carbons (Fsp3) is 0.778. The van der Waals surface area contributed by atoms with Crippen molar-refractivity contribution in [3.8, 4) is 0 Å². The first-order valence-electron chi connectivity index (χ1n) is 4.89. The third-order valence-electron chi connectivity index (χ3n) is 2.40. The van der Waals surface area contributed by atoms with Crippen molar-refractivity contribution in [2.75, 3.05) is 13.6 Å². The number of nitrogens with zero attached hydrogens (tertiary/aromatic N) is 4. The Morgan fingerprint density at radius 2 is 2.36 bits per heavy atom. The Balaban J connectivity index is 2.43. The predicted octanol–water partition coefficient (Wildman–Crippen LogP) is -0.0158. The van der Waals surface area contributed by atoms with Crippen LogP contribution in [0.25, 0.3) is 0 Å². The fourth-order valence-corrected chi connectivity index (χ4v) is 1.34. The van der Waals surface area contributed by atoms with Gasteiger partial charge in [-0.1, -0.05) is 5.21 Å². The van der Waals surface area contributed by atoms with Crippen LogP contribution in [0.3, 0.4) is 0 Å². The second kappa shape index (κ2) is 5.07. The van der Waals surface area contributed by atoms with E-state index in [4.69, 9.17) is 5.73 Å². The van der Waals surface area contributed by atoms with E-state index >= 15 is 0 Å². The molecule has 1 aromatic heterocycles. The van der Waals surface area contributed by atoms with E-state index in [9.17, 15) is 0 Å². The van der Waals surface area contributed by atoms with Gasteiger partial charge in [0.25, 0.3) is 0 Å². The van der Waals surface area contributed by atoms with Crippen molar-refractivity contribution in [2.24, 2.45) is 12.8 Å². The maximum Gasteiger partial charge on any atom is 0.0966 e. The van der Waals surface area contributed by atoms with Crippen molar-refractivity contribution in [1.29, 1.82) is 0 Å². The molecule has 1 atom stereocenters. The summed E-state index contributed by atoms with van der Waals surface area (Å²) in [5, 5.41) is 7.93. The van der Waals surface area contributed by atoms with Crippen molar-refractivity contribution in [1.82, 2.24) is 19.9 Å². The summed E-state index contributed by atoms with van der Waals surface area (Å²) in [6.07, 6.45) is 2.95. The Bertz CT molecular complexity index is 270. The molecule has 0 radical (unpaired) electrons. The Hall–Kier alpha value is -0.940. The highest BCUT2D eigenvalue weighted by Gasteiger charge is 2.10. The van der Waals surface area contributed by atoms with Crippen LogP contribution in [0.2, 0.25) is 0 Å². The first-order valence-corrected chi connectivity index (χ1v) is 4.89. The van der Waals surface area contributed by atoms with E-state index in [-0.39, 0.29) is 0 Å². The second-order valence-electron chi connectivity index (χ2n) is 3.73. The molecule has 1 heterocycles. The average Bonchev–Trinajstić information content (AvgIpc) is 2.51. The summed E-state index contributed by atoms with van der Waals surface area (Å²) in [5.41, 5.74) is 6.50. The fourth-order valence-electron chi connectivity index (χ4n) is 1.34. The minimum atomic E-state index is 0.488. The van der Waals surface area contributed by atoms with Gasteiger partial charge in [-0.05, 0) is 26.9 Å². The maximum atomic E-state index is 5.51. The maximum absolute atomic E-state index is 5.51. The van der Waals surface area contributed by atoms with Gasteiger partial charge in [0.1, 0.15) is 0 Å². The van der Waals surface area contributed by atoms with E-state index in [0.717, 1.165) is 25.2 Å². The van der Waals surface area contributed by atoms with E-state index < -0.39 is 0 Å². The van der Waals surface area contributed by atoms with Gasteiger partial charge in [0.2, 0.25) is 0 Å². The number of hydrogen-bond donors (Lipinski definition) is 1. The average molecular weight is 197 g/mol. The van der Waals surface area contributed by atoms with Gasteiger partial charge < -0.3 is 5.73 Å². The smallest absolute Gasteiger partial charge is 0.0966 e. The second-order valence-corrected chi connectivity index (χ2v) is 3.73. The molecule has 1 unspecified atom stereocenters. The van der Waals surface area contributed by atoms with E-state index in [1.54, 1.807) is 4.68 Å². The molecule has 0 saturated carbocycles. The first kappa shape index (κ1) is 11.1. The zero-order chi connectivity index (χ0) is 10.6. The van der Waals surface area contributed by atoms with Gasteiger partial charge in [0, 0.05) is 25.8 Å². The van der Waals surface area contributed by atoms with Gasteiger partial charge in [-0.15, -0.1) is 5.10 Å². The van der Waals surface area contributed by atoms with Crippen molar-refractivity contribution in [3.05, 3.63) is 11.9 Å². The van der Waals surface area contributed by atoms with Gasteiger partial charge in [-0.25, -0.2) is 0 Å². The minimum Gasteiger partial charge on any atom is -0.330 e. The number of hydrogen-bond acceptors (Lipinski definition) is 4. The highest BCUT2D eigenvalue weighted by molar-refractivity contribution is 4.91. The lowest BCUT2D eigenvalue weighted by Crippen LogP contribution is -2.30. The highest BCUT2D eigenvalue weighted by Crippen LogP contribution is 2.04. The number of aromatic nitrogens is 3. The van der Waals surface area contributed by atoms with E-state index in [1.165, 1.54) is 0 Å². The van der Waals surface area contributed by atoms with Gasteiger partial charge in [-0.3, -0.25) is 9.58 Å². The lowest BCUT2D eigenvalue weighted by atomic mass is 10.2. The van der Waals surface area contributed by atoms with Crippen LogP contribution in [-0.2, 0) is 13.6 Å². The van der Waals surface area contributed by atoms with Crippen LogP contribution in [0.1, 0.15) is 19.0 Å². The molecule has 0 saturated heterocycles. The Morgan fingerprint density at radius 3 is 2.86 bits per heavy atom. The van der Waals surface area contributed by atoms with Crippen molar-refractivity contribution in [3.63, 3.8) is 0 Å². The largest absolute Gasteiger partial charge is 0.330 e. The van der Waals surface area contributed by atoms with Crippen LogP contribution >= 0.6 is 0 Å². The van der Waals surface area contributed by atoms with Gasteiger partial charge in [-0.2, -0.15) is 0 Å². The SMILES string of the molecule is CC(CCN)N(C)Cc1cn(C)nn1. The molecule has 0 fully saturated rings. The topological polar surface area (TPSA) is 60.0 Å². The quantitative estimate of drug-likeness (QED) is 0.721. The molecule has 14 heavy (non-hydrogen) atoms. The van der Waals surface area contributed by atoms with Crippen molar-refractivity contribution in [2.45, 2.75) is 25.9 Å². The lowest BCUT2D eigenvalue weighted by molar-refractivity contribution is 0.237. The Morgan fingerprint density at radius 1 is 1.64 bits per heavy atom. The summed E-state index contributed by atoms with van der Waals surface area (Å²) in [6.45, 7) is 3.73. The molecule has 0 aliphatic carbocycles. The summed E-state index contributed by atoms with van der Waals surface area (Å²) in [6, 6.07) is 0.488. The minimum absolute atomic E-state index is 0.488. The van der Waals surface area contributed by atoms with Crippen LogP contribution in [0.4, 0.5) is 0 Å². The number of nitrogens with two attached hydrogens (primary N) is 1. The Labute approximate surface area is 84.9 Å². The number of rotatable bonds is 5. The summed E-state index contributed by atoms with van der Waals surface area (Å²) >= 11 is 0. The molecule has 0 spiro atoms. The molecule has 1 rings (SSSR count). The number of aryl methyl sites for hydroxylation is 1. The highest BCUT2D eigenvalue weighted by atomic mass is 15.4. The van der Waals surface area contributed by atoms with Crippen LogP contribution in [0, 0.1) is 0 Å². The molecule has 5 heteroatoms. The molecule has 0 amide bonds. The molecular formula is C9H19N5. The standard InChI is InChI=1S/C9H19N5/c1-8(4-5-10)13(2)6-9-7-14(3)12-11-9/h7-8H,4-6,10H2,1-3H3. The van der Waals surface area contributed by atoms with E-state index in [1.807, 2.05) is 13.2 Å². The monoisotopic (exact) mass is 197 g/mol. The van der Waals surface area contributed by atoms with Crippen LogP contribution in [0.5, 0.6) is 0 Å². The van der Waals surface area contributed by atoms with E-state index in [2.05, 4.69) is 29.2 Å². The van der Waals surface area contributed by atoms with Crippen molar-refractivity contribution >= 4 is 0 Å². The third-order valence-corrected chi connectivity index (χ3v) is 2.40. The van der Waals surface area contributed by atoms with E-state index in [0.29, 0.717) is 6.04 Å². The molecule has 0 aromatic carbocycles. The molecule has 0 aliphatic rings. The molecule has 0 bridgehead atoms. The van der Waals surface area contributed by atoms with Gasteiger partial charge in [0.15, 0.2) is 0 Å². The lowest BCUT2D eigenvalue weighted by Gasteiger charge is -2.22. The van der Waals surface area contributed by atoms with Crippen LogP contribution in [-0.4, -0.2) is 39.5 Å².